The number of rotatable bonds is 4. The third kappa shape index (κ3) is 3.29. The smallest absolute Gasteiger partial charge is 0.274 e. The normalized spacial score (nSPS) is 19.5. The summed E-state index contributed by atoms with van der Waals surface area (Å²) in [5.74, 6) is 1.22. The maximum atomic E-state index is 12.4. The summed E-state index contributed by atoms with van der Waals surface area (Å²) in [5, 5.41) is 5.22. The third-order valence-electron chi connectivity index (χ3n) is 3.59. The molecule has 1 aliphatic rings. The number of aromatic nitrogens is 2. The lowest BCUT2D eigenvalue weighted by atomic mass is 9.95. The van der Waals surface area contributed by atoms with Gasteiger partial charge < -0.3 is 9.64 Å². The van der Waals surface area contributed by atoms with Crippen molar-refractivity contribution < 1.29 is 9.53 Å². The van der Waals surface area contributed by atoms with Crippen molar-refractivity contribution in [3.05, 3.63) is 11.8 Å². The van der Waals surface area contributed by atoms with Crippen LogP contribution >= 0.6 is 15.9 Å². The largest absolute Gasteiger partial charge is 0.481 e. The Labute approximate surface area is 122 Å². The number of alkyl halides is 1. The number of nitrogens with zero attached hydrogens (tertiary/aromatic N) is 3. The first kappa shape index (κ1) is 14.4. The molecule has 1 saturated heterocycles. The van der Waals surface area contributed by atoms with Crippen molar-refractivity contribution in [2.75, 3.05) is 25.5 Å². The highest BCUT2D eigenvalue weighted by Crippen LogP contribution is 2.22. The molecule has 2 rings (SSSR count). The second-order valence-electron chi connectivity index (χ2n) is 4.93. The Bertz CT molecular complexity index is 445. The predicted molar refractivity (Wildman–Crippen MR) is 76.8 cm³/mol. The molecule has 2 heterocycles. The van der Waals surface area contributed by atoms with E-state index in [0.29, 0.717) is 17.5 Å². The summed E-state index contributed by atoms with van der Waals surface area (Å²) in [6.45, 7) is 1.67. The summed E-state index contributed by atoms with van der Waals surface area (Å²) < 4.78 is 6.74. The zero-order valence-corrected chi connectivity index (χ0v) is 13.0. The highest BCUT2D eigenvalue weighted by Gasteiger charge is 2.26. The van der Waals surface area contributed by atoms with Crippen LogP contribution in [0.4, 0.5) is 0 Å². The van der Waals surface area contributed by atoms with E-state index in [-0.39, 0.29) is 5.91 Å². The molecule has 0 aliphatic carbocycles. The lowest BCUT2D eigenvalue weighted by Gasteiger charge is -2.32. The minimum atomic E-state index is 0.0122. The van der Waals surface area contributed by atoms with Crippen LogP contribution in [-0.4, -0.2) is 46.1 Å². The fourth-order valence-electron chi connectivity index (χ4n) is 2.55. The fourth-order valence-corrected chi connectivity index (χ4v) is 3.19. The van der Waals surface area contributed by atoms with E-state index in [9.17, 15) is 4.79 Å². The number of carbonyl (C=O) groups is 1. The Balaban J connectivity index is 2.05. The van der Waals surface area contributed by atoms with Crippen LogP contribution in [-0.2, 0) is 7.05 Å². The van der Waals surface area contributed by atoms with Crippen LogP contribution in [0.1, 0.15) is 29.8 Å². The van der Waals surface area contributed by atoms with E-state index in [0.717, 1.165) is 31.3 Å². The number of hydrogen-bond donors (Lipinski definition) is 0. The first-order chi connectivity index (χ1) is 9.15. The van der Waals surface area contributed by atoms with Gasteiger partial charge in [-0.05, 0) is 25.2 Å². The highest BCUT2D eigenvalue weighted by atomic mass is 79.9. The Hall–Kier alpha value is -1.04. The van der Waals surface area contributed by atoms with Crippen LogP contribution in [0, 0.1) is 5.92 Å². The summed E-state index contributed by atoms with van der Waals surface area (Å²) in [7, 11) is 3.36. The standard InChI is InChI=1S/C13H20BrN3O2/c1-16-12(19-2)8-11(15-16)13(18)17-7-3-4-10(9-17)5-6-14/h8,10H,3-7,9H2,1-2H3. The number of hydrogen-bond acceptors (Lipinski definition) is 3. The van der Waals surface area contributed by atoms with Crippen molar-refractivity contribution in [1.82, 2.24) is 14.7 Å². The van der Waals surface area contributed by atoms with E-state index in [1.165, 1.54) is 6.42 Å². The molecule has 1 aromatic heterocycles. The van der Waals surface area contributed by atoms with E-state index in [1.54, 1.807) is 24.9 Å². The molecule has 0 saturated carbocycles. The SMILES string of the molecule is COc1cc(C(=O)N2CCCC(CCBr)C2)nn1C. The van der Waals surface area contributed by atoms with E-state index in [2.05, 4.69) is 21.0 Å². The van der Waals surface area contributed by atoms with Gasteiger partial charge in [0, 0.05) is 31.5 Å². The first-order valence-electron chi connectivity index (χ1n) is 6.59. The molecule has 0 N–H and O–H groups in total. The molecule has 0 bridgehead atoms. The van der Waals surface area contributed by atoms with Crippen molar-refractivity contribution in [3.8, 4) is 5.88 Å². The number of halogens is 1. The maximum Gasteiger partial charge on any atom is 0.274 e. The molecule has 1 atom stereocenters. The van der Waals surface area contributed by atoms with Gasteiger partial charge in [-0.3, -0.25) is 4.79 Å². The van der Waals surface area contributed by atoms with Crippen molar-refractivity contribution in [1.29, 1.82) is 0 Å². The molecule has 1 fully saturated rings. The van der Waals surface area contributed by atoms with Crippen LogP contribution in [0.25, 0.3) is 0 Å². The van der Waals surface area contributed by atoms with Gasteiger partial charge in [-0.2, -0.15) is 5.10 Å². The number of methoxy groups -OCH3 is 1. The molecule has 106 valence electrons. The van der Waals surface area contributed by atoms with Crippen molar-refractivity contribution in [2.24, 2.45) is 13.0 Å². The Morgan fingerprint density at radius 2 is 2.42 bits per heavy atom. The quantitative estimate of drug-likeness (QED) is 0.794. The van der Waals surface area contributed by atoms with Gasteiger partial charge in [0.25, 0.3) is 5.91 Å². The van der Waals surface area contributed by atoms with Crippen molar-refractivity contribution in [3.63, 3.8) is 0 Å². The van der Waals surface area contributed by atoms with Gasteiger partial charge in [0.15, 0.2) is 5.69 Å². The maximum absolute atomic E-state index is 12.4. The molecule has 1 aliphatic heterocycles. The third-order valence-corrected chi connectivity index (χ3v) is 4.05. The second kappa shape index (κ2) is 6.41. The highest BCUT2D eigenvalue weighted by molar-refractivity contribution is 9.09. The van der Waals surface area contributed by atoms with Crippen LogP contribution < -0.4 is 4.74 Å². The van der Waals surface area contributed by atoms with Crippen molar-refractivity contribution in [2.45, 2.75) is 19.3 Å². The van der Waals surface area contributed by atoms with E-state index in [4.69, 9.17) is 4.74 Å². The summed E-state index contributed by atoms with van der Waals surface area (Å²) in [5.41, 5.74) is 0.471. The fraction of sp³-hybridized carbons (Fsp3) is 0.692. The summed E-state index contributed by atoms with van der Waals surface area (Å²) in [4.78, 5) is 14.3. The predicted octanol–water partition coefficient (Wildman–Crippen LogP) is 2.07. The van der Waals surface area contributed by atoms with E-state index >= 15 is 0 Å². The molecule has 19 heavy (non-hydrogen) atoms. The lowest BCUT2D eigenvalue weighted by molar-refractivity contribution is 0.0665. The number of amides is 1. The van der Waals surface area contributed by atoms with Gasteiger partial charge in [0.05, 0.1) is 7.11 Å². The van der Waals surface area contributed by atoms with Gasteiger partial charge in [-0.25, -0.2) is 4.68 Å². The summed E-state index contributed by atoms with van der Waals surface area (Å²) in [6.07, 6.45) is 3.41. The van der Waals surface area contributed by atoms with Crippen LogP contribution in [0.5, 0.6) is 5.88 Å². The number of piperidine rings is 1. The average molecular weight is 330 g/mol. The molecule has 5 nitrogen and oxygen atoms in total. The van der Waals surface area contributed by atoms with Gasteiger partial charge in [-0.15, -0.1) is 0 Å². The van der Waals surface area contributed by atoms with Crippen LogP contribution in [0.15, 0.2) is 6.07 Å². The second-order valence-corrected chi connectivity index (χ2v) is 5.73. The average Bonchev–Trinajstić information content (AvgIpc) is 2.80. The van der Waals surface area contributed by atoms with E-state index in [1.807, 2.05) is 4.90 Å². The monoisotopic (exact) mass is 329 g/mol. The molecular formula is C13H20BrN3O2. The minimum Gasteiger partial charge on any atom is -0.481 e. The number of likely N-dealkylation sites (tertiary alicyclic amines) is 1. The molecular weight excluding hydrogens is 310 g/mol. The molecule has 0 radical (unpaired) electrons. The zero-order valence-electron chi connectivity index (χ0n) is 11.4. The number of aryl methyl sites for hydroxylation is 1. The van der Waals surface area contributed by atoms with Gasteiger partial charge in [-0.1, -0.05) is 15.9 Å². The lowest BCUT2D eigenvalue weighted by Crippen LogP contribution is -2.40. The van der Waals surface area contributed by atoms with E-state index < -0.39 is 0 Å². The molecule has 6 heteroatoms. The molecule has 0 spiro atoms. The summed E-state index contributed by atoms with van der Waals surface area (Å²) >= 11 is 3.47. The Kier molecular flexibility index (Phi) is 4.85. The topological polar surface area (TPSA) is 47.4 Å². The molecule has 1 aromatic rings. The Morgan fingerprint density at radius 1 is 1.63 bits per heavy atom. The molecule has 1 amide bonds. The molecule has 0 aromatic carbocycles. The van der Waals surface area contributed by atoms with Gasteiger partial charge in [0.1, 0.15) is 0 Å². The first-order valence-corrected chi connectivity index (χ1v) is 7.71. The van der Waals surface area contributed by atoms with Gasteiger partial charge in [0.2, 0.25) is 5.88 Å². The molecule has 1 unspecified atom stereocenters. The van der Waals surface area contributed by atoms with Crippen LogP contribution in [0.3, 0.4) is 0 Å². The van der Waals surface area contributed by atoms with Gasteiger partial charge >= 0.3 is 0 Å². The zero-order chi connectivity index (χ0) is 13.8. The Morgan fingerprint density at radius 3 is 3.05 bits per heavy atom. The summed E-state index contributed by atoms with van der Waals surface area (Å²) in [6, 6.07) is 1.70. The van der Waals surface area contributed by atoms with Crippen molar-refractivity contribution >= 4 is 21.8 Å². The number of ether oxygens (including phenoxy) is 1. The number of carbonyl (C=O) groups excluding carboxylic acids is 1. The van der Waals surface area contributed by atoms with Crippen LogP contribution in [0.2, 0.25) is 0 Å². The minimum absolute atomic E-state index is 0.0122.